The Morgan fingerprint density at radius 1 is 1.26 bits per heavy atom. The number of carbonyl (C=O) groups excluding carboxylic acids is 1. The third kappa shape index (κ3) is 3.86. The number of hydrogen-bond acceptors (Lipinski definition) is 3. The summed E-state index contributed by atoms with van der Waals surface area (Å²) in [6.07, 6.45) is 2.93. The predicted molar refractivity (Wildman–Crippen MR) is 73.4 cm³/mol. The van der Waals surface area contributed by atoms with Crippen LogP contribution in [0.1, 0.15) is 25.7 Å². The lowest BCUT2D eigenvalue weighted by Gasteiger charge is -2.26. The van der Waals surface area contributed by atoms with Gasteiger partial charge in [0.05, 0.1) is 18.9 Å². The number of carbonyl (C=O) groups is 1. The van der Waals surface area contributed by atoms with Crippen LogP contribution in [0.15, 0.2) is 24.3 Å². The first-order valence-corrected chi connectivity index (χ1v) is 6.57. The highest BCUT2D eigenvalue weighted by atomic mass is 16.5. The van der Waals surface area contributed by atoms with Gasteiger partial charge >= 0.3 is 6.03 Å². The quantitative estimate of drug-likeness (QED) is 0.783. The Balaban J connectivity index is 1.87. The van der Waals surface area contributed by atoms with Crippen molar-refractivity contribution in [1.29, 1.82) is 0 Å². The van der Waals surface area contributed by atoms with Crippen LogP contribution in [0.2, 0.25) is 0 Å². The van der Waals surface area contributed by atoms with Crippen LogP contribution < -0.4 is 15.4 Å². The molecule has 1 aliphatic carbocycles. The smallest absolute Gasteiger partial charge is 0.319 e. The molecular formula is C14H20N2O3. The molecule has 1 aromatic rings. The van der Waals surface area contributed by atoms with Gasteiger partial charge < -0.3 is 20.5 Å². The SMILES string of the molecule is COc1ccccc1NC(=O)NC1CCC(O)CC1. The number of nitrogens with one attached hydrogen (secondary N) is 2. The molecule has 1 fully saturated rings. The molecule has 0 unspecified atom stereocenters. The van der Waals surface area contributed by atoms with Gasteiger partial charge in [-0.25, -0.2) is 4.79 Å². The number of amides is 2. The number of hydrogen-bond donors (Lipinski definition) is 3. The summed E-state index contributed by atoms with van der Waals surface area (Å²) in [6.45, 7) is 0. The summed E-state index contributed by atoms with van der Waals surface area (Å²) in [7, 11) is 1.57. The molecule has 0 heterocycles. The minimum absolute atomic E-state index is 0.137. The maximum absolute atomic E-state index is 11.9. The zero-order valence-corrected chi connectivity index (χ0v) is 11.1. The fourth-order valence-electron chi connectivity index (χ4n) is 2.31. The highest BCUT2D eigenvalue weighted by molar-refractivity contribution is 5.91. The molecule has 1 aliphatic rings. The Kier molecular flexibility index (Phi) is 4.63. The standard InChI is InChI=1S/C14H20N2O3/c1-19-13-5-3-2-4-12(13)16-14(18)15-10-6-8-11(17)9-7-10/h2-5,10-11,17H,6-9H2,1H3,(H2,15,16,18). The predicted octanol–water partition coefficient (Wildman–Crippen LogP) is 2.12. The van der Waals surface area contributed by atoms with Crippen LogP contribution in [0.25, 0.3) is 0 Å². The summed E-state index contributed by atoms with van der Waals surface area (Å²) in [6, 6.07) is 7.19. The third-order valence-electron chi connectivity index (χ3n) is 3.39. The lowest BCUT2D eigenvalue weighted by molar-refractivity contribution is 0.118. The van der Waals surface area contributed by atoms with E-state index < -0.39 is 0 Å². The van der Waals surface area contributed by atoms with Crippen molar-refractivity contribution < 1.29 is 14.6 Å². The second kappa shape index (κ2) is 6.43. The van der Waals surface area contributed by atoms with Gasteiger partial charge in [0.15, 0.2) is 0 Å². The average Bonchev–Trinajstić information content (AvgIpc) is 2.42. The molecule has 1 saturated carbocycles. The summed E-state index contributed by atoms with van der Waals surface area (Å²) in [5.74, 6) is 0.636. The third-order valence-corrected chi connectivity index (χ3v) is 3.39. The van der Waals surface area contributed by atoms with E-state index in [1.54, 1.807) is 19.2 Å². The highest BCUT2D eigenvalue weighted by Gasteiger charge is 2.20. The number of para-hydroxylation sites is 2. The van der Waals surface area contributed by atoms with Gasteiger partial charge in [-0.05, 0) is 37.8 Å². The van der Waals surface area contributed by atoms with E-state index in [9.17, 15) is 9.90 Å². The Labute approximate surface area is 113 Å². The van der Waals surface area contributed by atoms with E-state index in [2.05, 4.69) is 10.6 Å². The average molecular weight is 264 g/mol. The molecule has 3 N–H and O–H groups in total. The number of anilines is 1. The number of methoxy groups -OCH3 is 1. The van der Waals surface area contributed by atoms with E-state index in [1.807, 2.05) is 12.1 Å². The molecule has 0 bridgehead atoms. The molecule has 104 valence electrons. The lowest BCUT2D eigenvalue weighted by atomic mass is 9.93. The van der Waals surface area contributed by atoms with Gasteiger partial charge in [-0.1, -0.05) is 12.1 Å². The van der Waals surface area contributed by atoms with Gasteiger partial charge in [0.1, 0.15) is 5.75 Å². The fraction of sp³-hybridized carbons (Fsp3) is 0.500. The van der Waals surface area contributed by atoms with Crippen molar-refractivity contribution in [3.63, 3.8) is 0 Å². The van der Waals surface area contributed by atoms with Gasteiger partial charge in [0.2, 0.25) is 0 Å². The van der Waals surface area contributed by atoms with Crippen molar-refractivity contribution in [1.82, 2.24) is 5.32 Å². The lowest BCUT2D eigenvalue weighted by Crippen LogP contribution is -2.40. The van der Waals surface area contributed by atoms with Crippen molar-refractivity contribution in [2.45, 2.75) is 37.8 Å². The van der Waals surface area contributed by atoms with Crippen LogP contribution in [0.3, 0.4) is 0 Å². The number of urea groups is 1. The summed E-state index contributed by atoms with van der Waals surface area (Å²) < 4.78 is 5.17. The van der Waals surface area contributed by atoms with E-state index in [0.29, 0.717) is 11.4 Å². The molecule has 1 aromatic carbocycles. The molecule has 19 heavy (non-hydrogen) atoms. The first-order chi connectivity index (χ1) is 9.19. The first kappa shape index (κ1) is 13.7. The first-order valence-electron chi connectivity index (χ1n) is 6.57. The molecule has 0 saturated heterocycles. The Morgan fingerprint density at radius 3 is 2.63 bits per heavy atom. The number of rotatable bonds is 3. The Morgan fingerprint density at radius 2 is 1.95 bits per heavy atom. The van der Waals surface area contributed by atoms with Crippen LogP contribution in [0, 0.1) is 0 Å². The van der Waals surface area contributed by atoms with Crippen molar-refractivity contribution in [2.24, 2.45) is 0 Å². The van der Waals surface area contributed by atoms with E-state index in [4.69, 9.17) is 4.74 Å². The molecule has 2 amide bonds. The van der Waals surface area contributed by atoms with Crippen molar-refractivity contribution in [2.75, 3.05) is 12.4 Å². The Bertz CT molecular complexity index is 428. The minimum Gasteiger partial charge on any atom is -0.495 e. The van der Waals surface area contributed by atoms with Gasteiger partial charge in [-0.15, -0.1) is 0 Å². The van der Waals surface area contributed by atoms with Crippen molar-refractivity contribution >= 4 is 11.7 Å². The zero-order chi connectivity index (χ0) is 13.7. The Hall–Kier alpha value is -1.75. The second-order valence-corrected chi connectivity index (χ2v) is 4.80. The van der Waals surface area contributed by atoms with Crippen LogP contribution in [-0.4, -0.2) is 30.4 Å². The fourth-order valence-corrected chi connectivity index (χ4v) is 2.31. The summed E-state index contributed by atoms with van der Waals surface area (Å²) in [5.41, 5.74) is 0.651. The summed E-state index contributed by atoms with van der Waals surface area (Å²) in [5, 5.41) is 15.1. The largest absolute Gasteiger partial charge is 0.495 e. The zero-order valence-electron chi connectivity index (χ0n) is 11.1. The topological polar surface area (TPSA) is 70.6 Å². The summed E-state index contributed by atoms with van der Waals surface area (Å²) in [4.78, 5) is 11.9. The molecule has 0 radical (unpaired) electrons. The second-order valence-electron chi connectivity index (χ2n) is 4.80. The van der Waals surface area contributed by atoms with Crippen molar-refractivity contribution in [3.05, 3.63) is 24.3 Å². The molecule has 2 rings (SSSR count). The van der Waals surface area contributed by atoms with Crippen molar-refractivity contribution in [3.8, 4) is 5.75 Å². The molecule has 0 spiro atoms. The van der Waals surface area contributed by atoms with Crippen LogP contribution in [0.4, 0.5) is 10.5 Å². The number of aliphatic hydroxyl groups excluding tert-OH is 1. The van der Waals surface area contributed by atoms with E-state index in [-0.39, 0.29) is 18.2 Å². The van der Waals surface area contributed by atoms with E-state index in [0.717, 1.165) is 25.7 Å². The molecular weight excluding hydrogens is 244 g/mol. The van der Waals surface area contributed by atoms with E-state index in [1.165, 1.54) is 0 Å². The van der Waals surface area contributed by atoms with Gasteiger partial charge in [0, 0.05) is 6.04 Å². The van der Waals surface area contributed by atoms with Gasteiger partial charge in [-0.3, -0.25) is 0 Å². The molecule has 0 aromatic heterocycles. The van der Waals surface area contributed by atoms with E-state index >= 15 is 0 Å². The molecule has 5 heteroatoms. The minimum atomic E-state index is -0.231. The van der Waals surface area contributed by atoms with Crippen LogP contribution in [-0.2, 0) is 0 Å². The molecule has 0 aliphatic heterocycles. The number of benzene rings is 1. The van der Waals surface area contributed by atoms with Gasteiger partial charge in [-0.2, -0.15) is 0 Å². The van der Waals surface area contributed by atoms with Crippen LogP contribution in [0.5, 0.6) is 5.75 Å². The van der Waals surface area contributed by atoms with Gasteiger partial charge in [0.25, 0.3) is 0 Å². The highest BCUT2D eigenvalue weighted by Crippen LogP contribution is 2.23. The number of ether oxygens (including phenoxy) is 1. The molecule has 0 atom stereocenters. The van der Waals surface area contributed by atoms with Crippen LogP contribution >= 0.6 is 0 Å². The maximum atomic E-state index is 11.9. The monoisotopic (exact) mass is 264 g/mol. The summed E-state index contributed by atoms with van der Waals surface area (Å²) >= 11 is 0. The maximum Gasteiger partial charge on any atom is 0.319 e. The normalized spacial score (nSPS) is 22.6. The molecule has 5 nitrogen and oxygen atoms in total. The number of aliphatic hydroxyl groups is 1.